The molecule has 2 atom stereocenters. The summed E-state index contributed by atoms with van der Waals surface area (Å²) < 4.78 is 11.8. The van der Waals surface area contributed by atoms with Gasteiger partial charge in [-0.25, -0.2) is 0 Å². The number of benzene rings is 2. The van der Waals surface area contributed by atoms with Crippen molar-refractivity contribution in [2.24, 2.45) is 11.8 Å². The van der Waals surface area contributed by atoms with Crippen molar-refractivity contribution < 1.29 is 9.47 Å². The van der Waals surface area contributed by atoms with E-state index in [1.54, 1.807) is 0 Å². The Bertz CT molecular complexity index is 658. The average molecular weight is 297 g/mol. The second kappa shape index (κ2) is 5.81. The zero-order valence-corrected chi connectivity index (χ0v) is 13.0. The van der Waals surface area contributed by atoms with Crippen LogP contribution in [0.2, 0.25) is 0 Å². The van der Waals surface area contributed by atoms with E-state index >= 15 is 0 Å². The first-order valence-electron chi connectivity index (χ1n) is 8.36. The summed E-state index contributed by atoms with van der Waals surface area (Å²) in [5.74, 6) is 3.54. The predicted molar refractivity (Wildman–Crippen MR) is 88.6 cm³/mol. The number of hydrogen-bond acceptors (Lipinski definition) is 3. The van der Waals surface area contributed by atoms with Crippen LogP contribution in [0.25, 0.3) is 10.8 Å². The van der Waals surface area contributed by atoms with Gasteiger partial charge in [0.25, 0.3) is 0 Å². The molecule has 22 heavy (non-hydrogen) atoms. The molecule has 0 spiro atoms. The van der Waals surface area contributed by atoms with E-state index < -0.39 is 0 Å². The lowest BCUT2D eigenvalue weighted by atomic mass is 10.0. The molecule has 1 N–H and O–H groups in total. The lowest BCUT2D eigenvalue weighted by molar-refractivity contribution is 0.199. The molecule has 1 saturated heterocycles. The number of ether oxygens (including phenoxy) is 2. The summed E-state index contributed by atoms with van der Waals surface area (Å²) in [5.41, 5.74) is 0. The van der Waals surface area contributed by atoms with Crippen LogP contribution in [-0.4, -0.2) is 25.8 Å². The first kappa shape index (κ1) is 13.9. The predicted octanol–water partition coefficient (Wildman–Crippen LogP) is 3.62. The van der Waals surface area contributed by atoms with Crippen molar-refractivity contribution in [3.05, 3.63) is 36.4 Å². The van der Waals surface area contributed by atoms with Crippen molar-refractivity contribution in [2.75, 3.05) is 19.7 Å². The third-order valence-electron chi connectivity index (χ3n) is 5.01. The van der Waals surface area contributed by atoms with E-state index in [2.05, 4.69) is 35.6 Å². The van der Waals surface area contributed by atoms with Crippen LogP contribution in [0.5, 0.6) is 11.5 Å². The number of rotatable bonds is 4. The second-order valence-electron chi connectivity index (χ2n) is 6.49. The molecule has 2 aromatic rings. The van der Waals surface area contributed by atoms with Gasteiger partial charge in [0.15, 0.2) is 0 Å². The van der Waals surface area contributed by atoms with Gasteiger partial charge in [0.2, 0.25) is 0 Å². The van der Waals surface area contributed by atoms with Gasteiger partial charge in [-0.2, -0.15) is 0 Å². The van der Waals surface area contributed by atoms with E-state index in [1.165, 1.54) is 36.7 Å². The monoisotopic (exact) mass is 297 g/mol. The Morgan fingerprint density at radius 2 is 1.64 bits per heavy atom. The molecule has 0 amide bonds. The number of fused-ring (bicyclic) bond motifs is 2. The Balaban J connectivity index is 1.52. The Morgan fingerprint density at radius 3 is 2.36 bits per heavy atom. The maximum absolute atomic E-state index is 6.25. The van der Waals surface area contributed by atoms with Gasteiger partial charge in [-0.1, -0.05) is 12.1 Å². The Labute approximate surface area is 131 Å². The van der Waals surface area contributed by atoms with E-state index in [4.69, 9.17) is 9.47 Å². The van der Waals surface area contributed by atoms with E-state index in [1.807, 2.05) is 13.0 Å². The molecule has 2 aromatic carbocycles. The molecule has 2 fully saturated rings. The molecule has 0 bridgehead atoms. The molecule has 3 heteroatoms. The molecule has 1 saturated carbocycles. The van der Waals surface area contributed by atoms with Gasteiger partial charge in [0.1, 0.15) is 11.5 Å². The summed E-state index contributed by atoms with van der Waals surface area (Å²) in [6, 6.07) is 12.6. The summed E-state index contributed by atoms with van der Waals surface area (Å²) in [6.07, 6.45) is 2.76. The fourth-order valence-corrected chi connectivity index (χ4v) is 3.93. The first-order chi connectivity index (χ1) is 10.8. The lowest BCUT2D eigenvalue weighted by Gasteiger charge is -2.15. The standard InChI is InChI=1S/C19H23NO2/c1-2-21-17-5-3-13-4-6-18(8-14(13)7-17)22-19-9-15-11-20-12-16(15)10-19/h3-8,15-16,19-20H,2,9-12H2,1H3/t15-,16-/m1/s1. The molecule has 0 radical (unpaired) electrons. The van der Waals surface area contributed by atoms with Crippen molar-refractivity contribution in [1.82, 2.24) is 5.32 Å². The third kappa shape index (κ3) is 2.66. The van der Waals surface area contributed by atoms with Crippen LogP contribution < -0.4 is 14.8 Å². The highest BCUT2D eigenvalue weighted by Crippen LogP contribution is 2.37. The smallest absolute Gasteiger partial charge is 0.120 e. The van der Waals surface area contributed by atoms with Crippen molar-refractivity contribution in [1.29, 1.82) is 0 Å². The second-order valence-corrected chi connectivity index (χ2v) is 6.49. The third-order valence-corrected chi connectivity index (χ3v) is 5.01. The van der Waals surface area contributed by atoms with Crippen molar-refractivity contribution >= 4 is 10.8 Å². The fraction of sp³-hybridized carbons (Fsp3) is 0.474. The zero-order valence-electron chi connectivity index (χ0n) is 13.0. The molecule has 3 nitrogen and oxygen atoms in total. The van der Waals surface area contributed by atoms with E-state index in [9.17, 15) is 0 Å². The minimum Gasteiger partial charge on any atom is -0.494 e. The Hall–Kier alpha value is -1.74. The van der Waals surface area contributed by atoms with E-state index in [0.717, 1.165) is 23.3 Å². The van der Waals surface area contributed by atoms with Gasteiger partial charge in [-0.3, -0.25) is 0 Å². The van der Waals surface area contributed by atoms with Gasteiger partial charge in [0.05, 0.1) is 12.7 Å². The summed E-state index contributed by atoms with van der Waals surface area (Å²) in [7, 11) is 0. The Morgan fingerprint density at radius 1 is 0.955 bits per heavy atom. The number of hydrogen-bond donors (Lipinski definition) is 1. The Kier molecular flexibility index (Phi) is 3.67. The van der Waals surface area contributed by atoms with Crippen LogP contribution in [-0.2, 0) is 0 Å². The van der Waals surface area contributed by atoms with E-state index in [0.29, 0.717) is 12.7 Å². The molecule has 1 aliphatic carbocycles. The van der Waals surface area contributed by atoms with Crippen molar-refractivity contribution in [3.8, 4) is 11.5 Å². The number of nitrogens with one attached hydrogen (secondary N) is 1. The lowest BCUT2D eigenvalue weighted by Crippen LogP contribution is -2.18. The minimum atomic E-state index is 0.379. The highest BCUT2D eigenvalue weighted by atomic mass is 16.5. The van der Waals surface area contributed by atoms with Gasteiger partial charge >= 0.3 is 0 Å². The normalized spacial score (nSPS) is 24.6. The molecule has 0 aromatic heterocycles. The summed E-state index contributed by atoms with van der Waals surface area (Å²) in [6.45, 7) is 5.04. The van der Waals surface area contributed by atoms with Crippen LogP contribution in [0.15, 0.2) is 36.4 Å². The molecular weight excluding hydrogens is 274 g/mol. The molecule has 0 unspecified atom stereocenters. The summed E-state index contributed by atoms with van der Waals surface area (Å²) in [4.78, 5) is 0. The van der Waals surface area contributed by atoms with Crippen LogP contribution in [0.3, 0.4) is 0 Å². The molecule has 2 aliphatic rings. The van der Waals surface area contributed by atoms with Crippen LogP contribution in [0, 0.1) is 11.8 Å². The highest BCUT2D eigenvalue weighted by molar-refractivity contribution is 5.85. The van der Waals surface area contributed by atoms with Crippen LogP contribution >= 0.6 is 0 Å². The van der Waals surface area contributed by atoms with Gasteiger partial charge in [-0.15, -0.1) is 0 Å². The van der Waals surface area contributed by atoms with E-state index in [-0.39, 0.29) is 0 Å². The summed E-state index contributed by atoms with van der Waals surface area (Å²) in [5, 5.41) is 5.89. The van der Waals surface area contributed by atoms with Crippen molar-refractivity contribution in [2.45, 2.75) is 25.9 Å². The highest BCUT2D eigenvalue weighted by Gasteiger charge is 2.38. The maximum atomic E-state index is 6.25. The minimum absolute atomic E-state index is 0.379. The molecule has 1 aliphatic heterocycles. The van der Waals surface area contributed by atoms with Gasteiger partial charge in [0, 0.05) is 0 Å². The average Bonchev–Trinajstić information content (AvgIpc) is 3.08. The zero-order chi connectivity index (χ0) is 14.9. The fourth-order valence-electron chi connectivity index (χ4n) is 3.93. The molecular formula is C19H23NO2. The largest absolute Gasteiger partial charge is 0.494 e. The quantitative estimate of drug-likeness (QED) is 0.935. The van der Waals surface area contributed by atoms with Gasteiger partial charge < -0.3 is 14.8 Å². The molecule has 116 valence electrons. The van der Waals surface area contributed by atoms with Gasteiger partial charge in [-0.05, 0) is 79.7 Å². The molecule has 4 rings (SSSR count). The topological polar surface area (TPSA) is 30.5 Å². The van der Waals surface area contributed by atoms with Crippen LogP contribution in [0.4, 0.5) is 0 Å². The van der Waals surface area contributed by atoms with Crippen molar-refractivity contribution in [3.63, 3.8) is 0 Å². The SMILES string of the molecule is CCOc1ccc2ccc(OC3C[C@@H]4CNC[C@H]4C3)cc2c1. The first-order valence-corrected chi connectivity index (χ1v) is 8.36. The van der Waals surface area contributed by atoms with Crippen LogP contribution in [0.1, 0.15) is 19.8 Å². The maximum Gasteiger partial charge on any atom is 0.120 e. The summed E-state index contributed by atoms with van der Waals surface area (Å²) >= 11 is 0. The molecule has 1 heterocycles.